The molecule has 0 aromatic heterocycles. The third kappa shape index (κ3) is 4.97. The molecule has 0 saturated carbocycles. The van der Waals surface area contributed by atoms with E-state index >= 15 is 0 Å². The largest absolute Gasteiger partial charge is 0.492 e. The van der Waals surface area contributed by atoms with E-state index in [0.29, 0.717) is 29.5 Å². The van der Waals surface area contributed by atoms with Gasteiger partial charge in [0.1, 0.15) is 12.4 Å². The minimum absolute atomic E-state index is 0.0272. The molecule has 0 aliphatic carbocycles. The third-order valence-electron chi connectivity index (χ3n) is 3.31. The van der Waals surface area contributed by atoms with Gasteiger partial charge in [-0.15, -0.1) is 0 Å². The van der Waals surface area contributed by atoms with E-state index in [0.717, 1.165) is 0 Å². The average Bonchev–Trinajstić information content (AvgIpc) is 2.58. The Balaban J connectivity index is 1.84. The smallest absolute Gasteiger partial charge is 0.251 e. The Morgan fingerprint density at radius 3 is 2.50 bits per heavy atom. The molecule has 1 N–H and O–H groups in total. The Labute approximate surface area is 146 Å². The number of halogens is 1. The maximum atomic E-state index is 12.0. The predicted octanol–water partition coefficient (Wildman–Crippen LogP) is 2.94. The monoisotopic (exact) mass is 367 g/mol. The first kappa shape index (κ1) is 18.3. The zero-order valence-corrected chi connectivity index (χ0v) is 14.7. The fourth-order valence-electron chi connectivity index (χ4n) is 1.97. The van der Waals surface area contributed by atoms with Gasteiger partial charge < -0.3 is 10.1 Å². The van der Waals surface area contributed by atoms with Crippen LogP contribution < -0.4 is 10.1 Å². The Bertz CT molecular complexity index is 804. The van der Waals surface area contributed by atoms with Gasteiger partial charge in [-0.05, 0) is 42.5 Å². The highest BCUT2D eigenvalue weighted by molar-refractivity contribution is 7.91. The number of hydrogen-bond acceptors (Lipinski definition) is 4. The molecular weight excluding hydrogens is 350 g/mol. The molecule has 7 heteroatoms. The van der Waals surface area contributed by atoms with Crippen LogP contribution in [0.15, 0.2) is 53.4 Å². The molecule has 1 amide bonds. The normalized spacial score (nSPS) is 11.1. The van der Waals surface area contributed by atoms with Gasteiger partial charge in [-0.25, -0.2) is 8.42 Å². The molecule has 0 aliphatic heterocycles. The van der Waals surface area contributed by atoms with Crippen molar-refractivity contribution in [2.45, 2.75) is 11.8 Å². The zero-order valence-electron chi connectivity index (χ0n) is 13.2. The van der Waals surface area contributed by atoms with Crippen LogP contribution in [0.3, 0.4) is 0 Å². The lowest BCUT2D eigenvalue weighted by molar-refractivity contribution is 0.0947. The SMILES string of the molecule is CCS(=O)(=O)c1ccc(C(=O)NCCOc2cccc(Cl)c2)cc1. The highest BCUT2D eigenvalue weighted by Gasteiger charge is 2.12. The maximum absolute atomic E-state index is 12.0. The lowest BCUT2D eigenvalue weighted by atomic mass is 10.2. The lowest BCUT2D eigenvalue weighted by Crippen LogP contribution is -2.28. The molecule has 5 nitrogen and oxygen atoms in total. The maximum Gasteiger partial charge on any atom is 0.251 e. The molecule has 0 heterocycles. The molecule has 0 unspecified atom stereocenters. The number of ether oxygens (including phenoxy) is 1. The summed E-state index contributed by atoms with van der Waals surface area (Å²) in [6.45, 7) is 2.20. The van der Waals surface area contributed by atoms with Gasteiger partial charge in [-0.3, -0.25) is 4.79 Å². The van der Waals surface area contributed by atoms with Crippen molar-refractivity contribution >= 4 is 27.3 Å². The van der Waals surface area contributed by atoms with Gasteiger partial charge in [0, 0.05) is 10.6 Å². The van der Waals surface area contributed by atoms with E-state index in [2.05, 4.69) is 5.32 Å². The van der Waals surface area contributed by atoms with E-state index < -0.39 is 9.84 Å². The van der Waals surface area contributed by atoms with Crippen LogP contribution in [0.2, 0.25) is 5.02 Å². The van der Waals surface area contributed by atoms with Crippen LogP contribution in [0.25, 0.3) is 0 Å². The highest BCUT2D eigenvalue weighted by atomic mass is 35.5. The van der Waals surface area contributed by atoms with Crippen LogP contribution in [-0.2, 0) is 9.84 Å². The summed E-state index contributed by atoms with van der Waals surface area (Å²) in [5.74, 6) is 0.371. The zero-order chi connectivity index (χ0) is 17.6. The van der Waals surface area contributed by atoms with E-state index in [4.69, 9.17) is 16.3 Å². The van der Waals surface area contributed by atoms with Crippen molar-refractivity contribution in [1.82, 2.24) is 5.32 Å². The van der Waals surface area contributed by atoms with Crippen molar-refractivity contribution in [1.29, 1.82) is 0 Å². The number of carbonyl (C=O) groups excluding carboxylic acids is 1. The lowest BCUT2D eigenvalue weighted by Gasteiger charge is -2.08. The third-order valence-corrected chi connectivity index (χ3v) is 5.29. The standard InChI is InChI=1S/C17H18ClNO4S/c1-2-24(21,22)16-8-6-13(7-9-16)17(20)19-10-11-23-15-5-3-4-14(18)12-15/h3-9,12H,2,10-11H2,1H3,(H,19,20). The Hall–Kier alpha value is -2.05. The molecule has 0 atom stereocenters. The van der Waals surface area contributed by atoms with Crippen molar-refractivity contribution in [3.05, 3.63) is 59.1 Å². The van der Waals surface area contributed by atoms with Crippen LogP contribution in [-0.4, -0.2) is 33.2 Å². The van der Waals surface area contributed by atoms with Crippen molar-refractivity contribution < 1.29 is 17.9 Å². The summed E-state index contributed by atoms with van der Waals surface area (Å²) in [5, 5.41) is 3.29. The van der Waals surface area contributed by atoms with E-state index in [1.165, 1.54) is 24.3 Å². The molecule has 24 heavy (non-hydrogen) atoms. The summed E-state index contributed by atoms with van der Waals surface area (Å²) in [6, 6.07) is 12.9. The Morgan fingerprint density at radius 2 is 1.88 bits per heavy atom. The van der Waals surface area contributed by atoms with Gasteiger partial charge in [0.25, 0.3) is 5.91 Å². The second kappa shape index (κ2) is 8.17. The first-order valence-electron chi connectivity index (χ1n) is 7.42. The number of rotatable bonds is 7. The van der Waals surface area contributed by atoms with Crippen LogP contribution in [0.1, 0.15) is 17.3 Å². The Kier molecular flexibility index (Phi) is 6.23. The molecule has 2 aromatic rings. The summed E-state index contributed by atoms with van der Waals surface area (Å²) in [4.78, 5) is 12.2. The van der Waals surface area contributed by atoms with Gasteiger partial charge >= 0.3 is 0 Å². The number of hydrogen-bond donors (Lipinski definition) is 1. The van der Waals surface area contributed by atoms with Crippen LogP contribution in [0.4, 0.5) is 0 Å². The molecular formula is C17H18ClNO4S. The number of benzene rings is 2. The van der Waals surface area contributed by atoms with Crippen molar-refractivity contribution in [3.63, 3.8) is 0 Å². The molecule has 0 aliphatic rings. The quantitative estimate of drug-likeness (QED) is 0.764. The average molecular weight is 368 g/mol. The number of sulfone groups is 1. The molecule has 0 spiro atoms. The summed E-state index contributed by atoms with van der Waals surface area (Å²) < 4.78 is 28.9. The minimum atomic E-state index is -3.26. The predicted molar refractivity (Wildman–Crippen MR) is 93.4 cm³/mol. The van der Waals surface area contributed by atoms with E-state index in [-0.39, 0.29) is 16.6 Å². The van der Waals surface area contributed by atoms with Gasteiger partial charge in [-0.2, -0.15) is 0 Å². The summed E-state index contributed by atoms with van der Waals surface area (Å²) >= 11 is 5.85. The molecule has 0 saturated heterocycles. The molecule has 0 radical (unpaired) electrons. The topological polar surface area (TPSA) is 72.5 Å². The van der Waals surface area contributed by atoms with Crippen LogP contribution >= 0.6 is 11.6 Å². The number of amides is 1. The molecule has 0 bridgehead atoms. The summed E-state index contributed by atoms with van der Waals surface area (Å²) in [6.07, 6.45) is 0. The molecule has 128 valence electrons. The second-order valence-corrected chi connectivity index (χ2v) is 7.70. The summed E-state index contributed by atoms with van der Waals surface area (Å²) in [7, 11) is -3.26. The number of carbonyl (C=O) groups is 1. The van der Waals surface area contributed by atoms with Crippen molar-refractivity contribution in [2.75, 3.05) is 18.9 Å². The van der Waals surface area contributed by atoms with Crippen molar-refractivity contribution in [3.8, 4) is 5.75 Å². The fraction of sp³-hybridized carbons (Fsp3) is 0.235. The van der Waals surface area contributed by atoms with E-state index in [1.807, 2.05) is 0 Å². The minimum Gasteiger partial charge on any atom is -0.492 e. The van der Waals surface area contributed by atoms with Gasteiger partial charge in [-0.1, -0.05) is 24.6 Å². The Morgan fingerprint density at radius 1 is 1.17 bits per heavy atom. The number of nitrogens with one attached hydrogen (secondary N) is 1. The first-order chi connectivity index (χ1) is 11.4. The molecule has 2 rings (SSSR count). The van der Waals surface area contributed by atoms with Gasteiger partial charge in [0.2, 0.25) is 0 Å². The first-order valence-corrected chi connectivity index (χ1v) is 9.45. The van der Waals surface area contributed by atoms with E-state index in [9.17, 15) is 13.2 Å². The van der Waals surface area contributed by atoms with Crippen LogP contribution in [0.5, 0.6) is 5.75 Å². The fourth-order valence-corrected chi connectivity index (χ4v) is 3.04. The molecule has 2 aromatic carbocycles. The summed E-state index contributed by atoms with van der Waals surface area (Å²) in [5.41, 5.74) is 0.396. The van der Waals surface area contributed by atoms with Crippen molar-refractivity contribution in [2.24, 2.45) is 0 Å². The molecule has 0 fully saturated rings. The van der Waals surface area contributed by atoms with Crippen LogP contribution in [0, 0.1) is 0 Å². The highest BCUT2D eigenvalue weighted by Crippen LogP contribution is 2.16. The second-order valence-electron chi connectivity index (χ2n) is 4.99. The van der Waals surface area contributed by atoms with Gasteiger partial charge in [0.15, 0.2) is 9.84 Å². The van der Waals surface area contributed by atoms with Gasteiger partial charge in [0.05, 0.1) is 17.2 Å². The van der Waals surface area contributed by atoms with E-state index in [1.54, 1.807) is 31.2 Å².